The third-order valence-electron chi connectivity index (χ3n) is 7.72. The molecule has 3 atom stereocenters. The van der Waals surface area contributed by atoms with Gasteiger partial charge < -0.3 is 29.2 Å². The molecule has 1 N–H and O–H groups in total. The zero-order valence-electron chi connectivity index (χ0n) is 22.8. The Bertz CT molecular complexity index is 1420. The van der Waals surface area contributed by atoms with Crippen molar-refractivity contribution in [2.75, 3.05) is 40.3 Å². The summed E-state index contributed by atoms with van der Waals surface area (Å²) in [5.41, 5.74) is 2.56. The van der Waals surface area contributed by atoms with Gasteiger partial charge in [0, 0.05) is 13.0 Å². The van der Waals surface area contributed by atoms with Gasteiger partial charge in [-0.05, 0) is 54.3 Å². The van der Waals surface area contributed by atoms with Crippen LogP contribution in [0.5, 0.6) is 23.0 Å². The number of anilines is 1. The van der Waals surface area contributed by atoms with Gasteiger partial charge in [-0.3, -0.25) is 4.79 Å². The van der Waals surface area contributed by atoms with Crippen LogP contribution < -0.4 is 24.3 Å². The van der Waals surface area contributed by atoms with Crippen molar-refractivity contribution in [3.05, 3.63) is 58.8 Å². The Labute approximate surface area is 229 Å². The smallest absolute Gasteiger partial charge is 0.410 e. The number of carbonyl (C=O) groups is 1. The van der Waals surface area contributed by atoms with Crippen LogP contribution in [0.15, 0.2) is 36.5 Å². The van der Waals surface area contributed by atoms with Gasteiger partial charge in [0.15, 0.2) is 29.0 Å². The maximum atomic E-state index is 14.2. The molecule has 0 bridgehead atoms. The van der Waals surface area contributed by atoms with Crippen molar-refractivity contribution in [1.29, 1.82) is 0 Å². The summed E-state index contributed by atoms with van der Waals surface area (Å²) >= 11 is 0. The molecule has 214 valence electrons. The summed E-state index contributed by atoms with van der Waals surface area (Å²) in [6, 6.07) is 5.70. The molecule has 2 aliphatic rings. The standard InChI is InChI=1S/C28H31F3N4O5/c1-15-18-12-24(40-5)23(39-4)10-16(18)8-9-34(15)27(36)19-14-32-35-25(28(29,30)31)13-20(33-26(19)35)17-6-7-21(37-2)22(11-17)38-3/h6-7,10-12,14-15,20,25,33H,8-9,13H2,1-5H3/t15-,20-,25-/m0/s1. The van der Waals surface area contributed by atoms with Crippen molar-refractivity contribution < 1.29 is 36.9 Å². The second-order valence-corrected chi connectivity index (χ2v) is 9.79. The number of methoxy groups -OCH3 is 4. The number of hydrogen-bond donors (Lipinski definition) is 1. The summed E-state index contributed by atoms with van der Waals surface area (Å²) in [5, 5.41) is 7.19. The van der Waals surface area contributed by atoms with E-state index in [4.69, 9.17) is 18.9 Å². The van der Waals surface area contributed by atoms with E-state index in [-0.39, 0.29) is 23.8 Å². The van der Waals surface area contributed by atoms with Crippen molar-refractivity contribution in [3.8, 4) is 23.0 Å². The summed E-state index contributed by atoms with van der Waals surface area (Å²) in [4.78, 5) is 15.5. The minimum atomic E-state index is -4.58. The predicted molar refractivity (Wildman–Crippen MR) is 141 cm³/mol. The van der Waals surface area contributed by atoms with E-state index in [0.717, 1.165) is 15.8 Å². The molecular weight excluding hydrogens is 529 g/mol. The third kappa shape index (κ3) is 4.65. The molecule has 3 heterocycles. The van der Waals surface area contributed by atoms with Gasteiger partial charge in [-0.1, -0.05) is 6.07 Å². The number of nitrogens with zero attached hydrogens (tertiary/aromatic N) is 3. The fourth-order valence-corrected chi connectivity index (χ4v) is 5.58. The quantitative estimate of drug-likeness (QED) is 0.436. The number of nitrogens with one attached hydrogen (secondary N) is 1. The second kappa shape index (κ2) is 10.5. The number of benzene rings is 2. The van der Waals surface area contributed by atoms with Crippen molar-refractivity contribution in [1.82, 2.24) is 14.7 Å². The number of carbonyl (C=O) groups excluding carboxylic acids is 1. The van der Waals surface area contributed by atoms with Gasteiger partial charge >= 0.3 is 6.18 Å². The van der Waals surface area contributed by atoms with Crippen molar-refractivity contribution >= 4 is 11.7 Å². The lowest BCUT2D eigenvalue weighted by Crippen LogP contribution is -2.40. The molecule has 1 amide bonds. The number of ether oxygens (including phenoxy) is 4. The number of hydrogen-bond acceptors (Lipinski definition) is 7. The topological polar surface area (TPSA) is 87.1 Å². The van der Waals surface area contributed by atoms with Gasteiger partial charge in [0.2, 0.25) is 0 Å². The average Bonchev–Trinajstić information content (AvgIpc) is 3.39. The van der Waals surface area contributed by atoms with E-state index < -0.39 is 24.2 Å². The molecule has 2 aliphatic heterocycles. The molecule has 0 saturated heterocycles. The lowest BCUT2D eigenvalue weighted by molar-refractivity contribution is -0.173. The largest absolute Gasteiger partial charge is 0.493 e. The van der Waals surface area contributed by atoms with E-state index in [1.807, 2.05) is 19.1 Å². The fraction of sp³-hybridized carbons (Fsp3) is 0.429. The third-order valence-corrected chi connectivity index (χ3v) is 7.72. The minimum absolute atomic E-state index is 0.0312. The van der Waals surface area contributed by atoms with E-state index >= 15 is 0 Å². The molecule has 0 radical (unpaired) electrons. The highest BCUT2D eigenvalue weighted by molar-refractivity contribution is 5.99. The molecule has 0 unspecified atom stereocenters. The van der Waals surface area contributed by atoms with E-state index in [2.05, 4.69) is 10.4 Å². The molecule has 9 nitrogen and oxygen atoms in total. The average molecular weight is 561 g/mol. The summed E-state index contributed by atoms with van der Waals surface area (Å²) < 4.78 is 65.1. The Kier molecular flexibility index (Phi) is 7.19. The van der Waals surface area contributed by atoms with Crippen LogP contribution in [-0.2, 0) is 6.42 Å². The first-order valence-corrected chi connectivity index (χ1v) is 12.8. The molecule has 0 fully saturated rings. The Morgan fingerprint density at radius 2 is 1.62 bits per heavy atom. The van der Waals surface area contributed by atoms with Gasteiger partial charge in [0.1, 0.15) is 11.4 Å². The van der Waals surface area contributed by atoms with Crippen LogP contribution in [0.1, 0.15) is 58.5 Å². The molecule has 2 aromatic carbocycles. The maximum absolute atomic E-state index is 14.2. The zero-order chi connectivity index (χ0) is 28.8. The van der Waals surface area contributed by atoms with E-state index in [9.17, 15) is 18.0 Å². The summed E-state index contributed by atoms with van der Waals surface area (Å²) in [7, 11) is 6.05. The van der Waals surface area contributed by atoms with Crippen molar-refractivity contribution in [2.24, 2.45) is 0 Å². The number of rotatable bonds is 6. The fourth-order valence-electron chi connectivity index (χ4n) is 5.58. The normalized spacial score (nSPS) is 20.2. The van der Waals surface area contributed by atoms with Crippen LogP contribution in [0, 0.1) is 0 Å². The predicted octanol–water partition coefficient (Wildman–Crippen LogP) is 5.34. The van der Waals surface area contributed by atoms with Crippen molar-refractivity contribution in [2.45, 2.75) is 44.1 Å². The molecular formula is C28H31F3N4O5. The minimum Gasteiger partial charge on any atom is -0.493 e. The van der Waals surface area contributed by atoms with E-state index in [1.54, 1.807) is 30.2 Å². The first-order chi connectivity index (χ1) is 19.1. The van der Waals surface area contributed by atoms with Gasteiger partial charge in [-0.2, -0.15) is 18.3 Å². The van der Waals surface area contributed by atoms with Crippen LogP contribution >= 0.6 is 0 Å². The van der Waals surface area contributed by atoms with Gasteiger partial charge in [0.25, 0.3) is 5.91 Å². The van der Waals surface area contributed by atoms with Crippen LogP contribution in [0.4, 0.5) is 19.0 Å². The summed E-state index contributed by atoms with van der Waals surface area (Å²) in [5.74, 6) is 1.62. The van der Waals surface area contributed by atoms with Crippen molar-refractivity contribution in [3.63, 3.8) is 0 Å². The highest BCUT2D eigenvalue weighted by Gasteiger charge is 2.48. The molecule has 3 aromatic rings. The van der Waals surface area contributed by atoms with E-state index in [0.29, 0.717) is 41.5 Å². The monoisotopic (exact) mass is 560 g/mol. The second-order valence-electron chi connectivity index (χ2n) is 9.79. The van der Waals surface area contributed by atoms with Crippen LogP contribution in [0.2, 0.25) is 0 Å². The highest BCUT2D eigenvalue weighted by Crippen LogP contribution is 2.46. The zero-order valence-corrected chi connectivity index (χ0v) is 22.8. The Hall–Kier alpha value is -4.09. The van der Waals surface area contributed by atoms with Crippen LogP contribution in [-0.4, -0.2) is 61.7 Å². The molecule has 1 aromatic heterocycles. The first-order valence-electron chi connectivity index (χ1n) is 12.8. The molecule has 40 heavy (non-hydrogen) atoms. The molecule has 5 rings (SSSR count). The number of aromatic nitrogens is 2. The molecule has 12 heteroatoms. The molecule has 0 saturated carbocycles. The Balaban J connectivity index is 1.50. The number of halogens is 3. The molecule has 0 spiro atoms. The van der Waals surface area contributed by atoms with Gasteiger partial charge in [0.05, 0.1) is 46.7 Å². The van der Waals surface area contributed by atoms with Crippen LogP contribution in [0.3, 0.4) is 0 Å². The lowest BCUT2D eigenvalue weighted by Gasteiger charge is -2.37. The summed E-state index contributed by atoms with van der Waals surface area (Å²) in [6.07, 6.45) is -3.11. The van der Waals surface area contributed by atoms with Crippen LogP contribution in [0.25, 0.3) is 0 Å². The number of amides is 1. The highest BCUT2D eigenvalue weighted by atomic mass is 19.4. The Morgan fingerprint density at radius 1 is 0.975 bits per heavy atom. The number of fused-ring (bicyclic) bond motifs is 2. The SMILES string of the molecule is COc1ccc([C@@H]2C[C@@H](C(F)(F)F)n3ncc(C(=O)N4CCc5cc(OC)c(OC)cc5[C@@H]4C)c3N2)cc1OC. The van der Waals surface area contributed by atoms with Gasteiger partial charge in [-0.15, -0.1) is 0 Å². The first kappa shape index (κ1) is 27.5. The van der Waals surface area contributed by atoms with Gasteiger partial charge in [-0.25, -0.2) is 4.68 Å². The van der Waals surface area contributed by atoms with E-state index in [1.165, 1.54) is 27.5 Å². The Morgan fingerprint density at radius 3 is 2.27 bits per heavy atom. The lowest BCUT2D eigenvalue weighted by atomic mass is 9.92. The summed E-state index contributed by atoms with van der Waals surface area (Å²) in [6.45, 7) is 2.27. The number of alkyl halides is 3. The maximum Gasteiger partial charge on any atom is 0.410 e. The molecule has 0 aliphatic carbocycles.